The summed E-state index contributed by atoms with van der Waals surface area (Å²) in [6.07, 6.45) is 3.35. The third kappa shape index (κ3) is 3.22. The maximum atomic E-state index is 12.7. The van der Waals surface area contributed by atoms with Gasteiger partial charge in [-0.3, -0.25) is 9.78 Å². The summed E-state index contributed by atoms with van der Waals surface area (Å²) in [5.41, 5.74) is 2.47. The van der Waals surface area contributed by atoms with Gasteiger partial charge in [0.2, 0.25) is 5.89 Å². The van der Waals surface area contributed by atoms with Crippen LogP contribution in [-0.4, -0.2) is 39.1 Å². The SMILES string of the molecule is Cc1ccccc1C(=O)N1CCC(c2nnc(-c3ccccn3)o2)CC1. The van der Waals surface area contributed by atoms with Crippen LogP contribution in [0, 0.1) is 6.92 Å². The number of carbonyl (C=O) groups excluding carboxylic acids is 1. The summed E-state index contributed by atoms with van der Waals surface area (Å²) in [5, 5.41) is 8.31. The van der Waals surface area contributed by atoms with Crippen molar-refractivity contribution in [3.8, 4) is 11.6 Å². The van der Waals surface area contributed by atoms with Gasteiger partial charge in [-0.15, -0.1) is 10.2 Å². The number of benzene rings is 1. The molecule has 132 valence electrons. The highest BCUT2D eigenvalue weighted by Gasteiger charge is 2.28. The quantitative estimate of drug-likeness (QED) is 0.725. The molecule has 0 saturated carbocycles. The van der Waals surface area contributed by atoms with E-state index in [-0.39, 0.29) is 11.8 Å². The highest BCUT2D eigenvalue weighted by molar-refractivity contribution is 5.95. The number of carbonyl (C=O) groups is 1. The molecular formula is C20H20N4O2. The Bertz CT molecular complexity index is 899. The molecule has 0 unspecified atom stereocenters. The molecule has 4 rings (SSSR count). The summed E-state index contributed by atoms with van der Waals surface area (Å²) in [5.74, 6) is 1.36. The van der Waals surface area contributed by atoms with Crippen molar-refractivity contribution < 1.29 is 9.21 Å². The van der Waals surface area contributed by atoms with Gasteiger partial charge in [0.25, 0.3) is 11.8 Å². The van der Waals surface area contributed by atoms with E-state index >= 15 is 0 Å². The third-order valence-electron chi connectivity index (χ3n) is 4.83. The largest absolute Gasteiger partial charge is 0.419 e. The van der Waals surface area contributed by atoms with Crippen LogP contribution in [0.25, 0.3) is 11.6 Å². The molecule has 0 radical (unpaired) electrons. The molecule has 1 amide bonds. The zero-order valence-corrected chi connectivity index (χ0v) is 14.6. The molecule has 1 aromatic carbocycles. The van der Waals surface area contributed by atoms with Gasteiger partial charge in [-0.25, -0.2) is 0 Å². The number of rotatable bonds is 3. The van der Waals surface area contributed by atoms with Gasteiger partial charge in [0.15, 0.2) is 0 Å². The minimum Gasteiger partial charge on any atom is -0.419 e. The van der Waals surface area contributed by atoms with E-state index in [1.54, 1.807) is 6.20 Å². The lowest BCUT2D eigenvalue weighted by atomic mass is 9.96. The van der Waals surface area contributed by atoms with E-state index in [1.807, 2.05) is 54.3 Å². The molecule has 6 nitrogen and oxygen atoms in total. The average molecular weight is 348 g/mol. The molecule has 1 saturated heterocycles. The molecule has 0 bridgehead atoms. The standard InChI is InChI=1S/C20H20N4O2/c1-14-6-2-3-7-16(14)20(25)24-12-9-15(10-13-24)18-22-23-19(26-18)17-8-4-5-11-21-17/h2-8,11,15H,9-10,12-13H2,1H3. The third-order valence-corrected chi connectivity index (χ3v) is 4.83. The smallest absolute Gasteiger partial charge is 0.266 e. The molecule has 1 aliphatic rings. The maximum Gasteiger partial charge on any atom is 0.266 e. The van der Waals surface area contributed by atoms with Gasteiger partial charge in [0, 0.05) is 30.8 Å². The Hall–Kier alpha value is -3.02. The van der Waals surface area contributed by atoms with Crippen molar-refractivity contribution in [1.29, 1.82) is 0 Å². The Kier molecular flexibility index (Phi) is 4.48. The van der Waals surface area contributed by atoms with Crippen LogP contribution in [0.3, 0.4) is 0 Å². The highest BCUT2D eigenvalue weighted by Crippen LogP contribution is 2.29. The molecule has 1 fully saturated rings. The molecule has 26 heavy (non-hydrogen) atoms. The van der Waals surface area contributed by atoms with Crippen molar-refractivity contribution in [3.05, 3.63) is 65.7 Å². The normalized spacial score (nSPS) is 15.2. The Morgan fingerprint density at radius 2 is 1.85 bits per heavy atom. The van der Waals surface area contributed by atoms with Crippen LogP contribution in [0.1, 0.15) is 40.6 Å². The number of pyridine rings is 1. The van der Waals surface area contributed by atoms with Gasteiger partial charge in [-0.2, -0.15) is 0 Å². The lowest BCUT2D eigenvalue weighted by Crippen LogP contribution is -2.38. The first kappa shape index (κ1) is 16.4. The van der Waals surface area contributed by atoms with E-state index in [1.165, 1.54) is 0 Å². The number of hydrogen-bond acceptors (Lipinski definition) is 5. The summed E-state index contributed by atoms with van der Waals surface area (Å²) >= 11 is 0. The first-order valence-electron chi connectivity index (χ1n) is 8.82. The lowest BCUT2D eigenvalue weighted by molar-refractivity contribution is 0.0705. The molecule has 3 heterocycles. The summed E-state index contributed by atoms with van der Waals surface area (Å²) in [6.45, 7) is 3.36. The van der Waals surface area contributed by atoms with Crippen LogP contribution in [0.5, 0.6) is 0 Å². The molecule has 2 aromatic heterocycles. The number of amides is 1. The Morgan fingerprint density at radius 3 is 2.58 bits per heavy atom. The first-order valence-corrected chi connectivity index (χ1v) is 8.82. The topological polar surface area (TPSA) is 72.1 Å². The molecular weight excluding hydrogens is 328 g/mol. The van der Waals surface area contributed by atoms with Crippen molar-refractivity contribution in [2.75, 3.05) is 13.1 Å². The van der Waals surface area contributed by atoms with Crippen LogP contribution >= 0.6 is 0 Å². The fraction of sp³-hybridized carbons (Fsp3) is 0.300. The second kappa shape index (κ2) is 7.07. The minimum atomic E-state index is 0.0984. The van der Waals surface area contributed by atoms with E-state index in [0.717, 1.165) is 24.0 Å². The van der Waals surface area contributed by atoms with Crippen molar-refractivity contribution in [2.24, 2.45) is 0 Å². The average Bonchev–Trinajstić information content (AvgIpc) is 3.19. The number of aromatic nitrogens is 3. The lowest BCUT2D eigenvalue weighted by Gasteiger charge is -2.30. The van der Waals surface area contributed by atoms with Crippen molar-refractivity contribution in [2.45, 2.75) is 25.7 Å². The van der Waals surface area contributed by atoms with E-state index < -0.39 is 0 Å². The molecule has 3 aromatic rings. The van der Waals surface area contributed by atoms with Crippen molar-refractivity contribution >= 4 is 5.91 Å². The molecule has 1 aliphatic heterocycles. The molecule has 0 atom stereocenters. The molecule has 0 spiro atoms. The van der Waals surface area contributed by atoms with Gasteiger partial charge in [0.05, 0.1) is 0 Å². The second-order valence-electron chi connectivity index (χ2n) is 6.54. The van der Waals surface area contributed by atoms with E-state index in [0.29, 0.717) is 30.6 Å². The van der Waals surface area contributed by atoms with Crippen LogP contribution in [0.15, 0.2) is 53.1 Å². The zero-order valence-electron chi connectivity index (χ0n) is 14.6. The second-order valence-corrected chi connectivity index (χ2v) is 6.54. The predicted octanol–water partition coefficient (Wildman–Crippen LogP) is 3.46. The monoisotopic (exact) mass is 348 g/mol. The Labute approximate surface area is 151 Å². The summed E-state index contributed by atoms with van der Waals surface area (Å²) in [4.78, 5) is 18.9. The van der Waals surface area contributed by atoms with E-state index in [9.17, 15) is 4.79 Å². The summed E-state index contributed by atoms with van der Waals surface area (Å²) in [6, 6.07) is 13.3. The van der Waals surface area contributed by atoms with Crippen LogP contribution in [-0.2, 0) is 0 Å². The molecule has 6 heteroatoms. The molecule has 0 aliphatic carbocycles. The fourth-order valence-corrected chi connectivity index (χ4v) is 3.31. The van der Waals surface area contributed by atoms with Gasteiger partial charge in [-0.1, -0.05) is 24.3 Å². The van der Waals surface area contributed by atoms with Gasteiger partial charge in [-0.05, 0) is 43.5 Å². The summed E-state index contributed by atoms with van der Waals surface area (Å²) in [7, 11) is 0. The van der Waals surface area contributed by atoms with Crippen LogP contribution in [0.2, 0.25) is 0 Å². The minimum absolute atomic E-state index is 0.0984. The number of hydrogen-bond donors (Lipinski definition) is 0. The number of piperidine rings is 1. The summed E-state index contributed by atoms with van der Waals surface area (Å²) < 4.78 is 5.82. The molecule has 0 N–H and O–H groups in total. The maximum absolute atomic E-state index is 12.7. The number of aryl methyl sites for hydroxylation is 1. The first-order chi connectivity index (χ1) is 12.7. The van der Waals surface area contributed by atoms with Gasteiger partial charge in [0.1, 0.15) is 5.69 Å². The van der Waals surface area contributed by atoms with E-state index in [2.05, 4.69) is 15.2 Å². The van der Waals surface area contributed by atoms with Crippen LogP contribution in [0.4, 0.5) is 0 Å². The highest BCUT2D eigenvalue weighted by atomic mass is 16.4. The van der Waals surface area contributed by atoms with E-state index in [4.69, 9.17) is 4.42 Å². The number of likely N-dealkylation sites (tertiary alicyclic amines) is 1. The van der Waals surface area contributed by atoms with Gasteiger partial charge >= 0.3 is 0 Å². The van der Waals surface area contributed by atoms with Crippen molar-refractivity contribution in [1.82, 2.24) is 20.1 Å². The predicted molar refractivity (Wildman–Crippen MR) is 96.6 cm³/mol. The zero-order chi connectivity index (χ0) is 17.9. The van der Waals surface area contributed by atoms with Gasteiger partial charge < -0.3 is 9.32 Å². The van der Waals surface area contributed by atoms with Crippen molar-refractivity contribution in [3.63, 3.8) is 0 Å². The fourth-order valence-electron chi connectivity index (χ4n) is 3.31. The van der Waals surface area contributed by atoms with Crippen LogP contribution < -0.4 is 0 Å². The Balaban J connectivity index is 1.42. The Morgan fingerprint density at radius 1 is 1.08 bits per heavy atom. The number of nitrogens with zero attached hydrogens (tertiary/aromatic N) is 4.